The van der Waals surface area contributed by atoms with E-state index in [2.05, 4.69) is 15.6 Å². The minimum absolute atomic E-state index is 0.190. The molecule has 1 aromatic heterocycles. The van der Waals surface area contributed by atoms with Crippen molar-refractivity contribution in [2.45, 2.75) is 57.9 Å². The third-order valence-corrected chi connectivity index (χ3v) is 3.88. The van der Waals surface area contributed by atoms with Crippen molar-refractivity contribution in [1.82, 2.24) is 10.3 Å². The van der Waals surface area contributed by atoms with E-state index in [0.29, 0.717) is 17.9 Å². The Morgan fingerprint density at radius 1 is 1.29 bits per heavy atom. The molecular formula is C16H24FN3O. The lowest BCUT2D eigenvalue weighted by atomic mass is 9.96. The minimum Gasteiger partial charge on any atom is -0.370 e. The van der Waals surface area contributed by atoms with Crippen LogP contribution in [-0.4, -0.2) is 23.5 Å². The predicted octanol–water partition coefficient (Wildman–Crippen LogP) is 3.50. The smallest absolute Gasteiger partial charge is 0.255 e. The van der Waals surface area contributed by atoms with Gasteiger partial charge in [0.1, 0.15) is 11.6 Å². The van der Waals surface area contributed by atoms with Crippen molar-refractivity contribution in [3.05, 3.63) is 23.6 Å². The molecule has 1 amide bonds. The summed E-state index contributed by atoms with van der Waals surface area (Å²) < 4.78 is 13.4. The van der Waals surface area contributed by atoms with Crippen molar-refractivity contribution in [1.29, 1.82) is 0 Å². The van der Waals surface area contributed by atoms with Gasteiger partial charge in [0.05, 0.1) is 11.8 Å². The standard InChI is InChI=1S/C16H24FN3O/c1-2-18-15-14(10-12(17)11-19-15)16(21)20-13-8-6-4-3-5-7-9-13/h10-11,13H,2-9H2,1H3,(H,18,19)(H,20,21). The maximum Gasteiger partial charge on any atom is 0.255 e. The SMILES string of the molecule is CCNc1ncc(F)cc1C(=O)NC1CCCCCCC1. The fourth-order valence-electron chi connectivity index (χ4n) is 2.78. The summed E-state index contributed by atoms with van der Waals surface area (Å²) in [4.78, 5) is 16.4. The summed E-state index contributed by atoms with van der Waals surface area (Å²) in [5.74, 6) is -0.273. The second kappa shape index (κ2) is 7.96. The van der Waals surface area contributed by atoms with Crippen LogP contribution in [0.25, 0.3) is 0 Å². The van der Waals surface area contributed by atoms with E-state index in [1.807, 2.05) is 6.92 Å². The molecule has 1 aliphatic carbocycles. The van der Waals surface area contributed by atoms with Crippen LogP contribution in [0.3, 0.4) is 0 Å². The summed E-state index contributed by atoms with van der Waals surface area (Å²) >= 11 is 0. The Morgan fingerprint density at radius 3 is 2.62 bits per heavy atom. The molecule has 1 fully saturated rings. The third kappa shape index (κ3) is 4.69. The Hall–Kier alpha value is -1.65. The average Bonchev–Trinajstić information content (AvgIpc) is 2.43. The number of carbonyl (C=O) groups excluding carboxylic acids is 1. The Balaban J connectivity index is 2.06. The molecule has 5 heteroatoms. The molecular weight excluding hydrogens is 269 g/mol. The molecule has 0 aliphatic heterocycles. The number of nitrogens with zero attached hydrogens (tertiary/aromatic N) is 1. The molecule has 0 bridgehead atoms. The predicted molar refractivity (Wildman–Crippen MR) is 81.9 cm³/mol. The number of nitrogens with one attached hydrogen (secondary N) is 2. The molecule has 2 N–H and O–H groups in total. The van der Waals surface area contributed by atoms with Gasteiger partial charge in [0.25, 0.3) is 5.91 Å². The van der Waals surface area contributed by atoms with Crippen LogP contribution in [0.2, 0.25) is 0 Å². The van der Waals surface area contributed by atoms with E-state index in [9.17, 15) is 9.18 Å². The van der Waals surface area contributed by atoms with Crippen molar-refractivity contribution >= 4 is 11.7 Å². The first-order valence-electron chi connectivity index (χ1n) is 7.91. The van der Waals surface area contributed by atoms with Crippen LogP contribution in [0.15, 0.2) is 12.3 Å². The second-order valence-corrected chi connectivity index (χ2v) is 5.60. The van der Waals surface area contributed by atoms with E-state index < -0.39 is 5.82 Å². The molecule has 0 atom stereocenters. The van der Waals surface area contributed by atoms with E-state index >= 15 is 0 Å². The number of carbonyl (C=O) groups is 1. The van der Waals surface area contributed by atoms with Crippen molar-refractivity contribution in [3.8, 4) is 0 Å². The quantitative estimate of drug-likeness (QED) is 0.893. The zero-order valence-corrected chi connectivity index (χ0v) is 12.6. The molecule has 1 aliphatic rings. The van der Waals surface area contributed by atoms with E-state index in [1.54, 1.807) is 0 Å². The average molecular weight is 293 g/mol. The van der Waals surface area contributed by atoms with Gasteiger partial charge in [-0.1, -0.05) is 32.1 Å². The highest BCUT2D eigenvalue weighted by atomic mass is 19.1. The summed E-state index contributed by atoms with van der Waals surface area (Å²) in [6, 6.07) is 1.44. The lowest BCUT2D eigenvalue weighted by molar-refractivity contribution is 0.0930. The molecule has 0 saturated heterocycles. The van der Waals surface area contributed by atoms with Crippen LogP contribution in [0, 0.1) is 5.82 Å². The molecule has 0 aromatic carbocycles. The normalized spacial score (nSPS) is 16.9. The number of hydrogen-bond donors (Lipinski definition) is 2. The van der Waals surface area contributed by atoms with Crippen molar-refractivity contribution in [2.24, 2.45) is 0 Å². The maximum atomic E-state index is 13.4. The van der Waals surface area contributed by atoms with Crippen molar-refractivity contribution < 1.29 is 9.18 Å². The number of halogens is 1. The molecule has 116 valence electrons. The monoisotopic (exact) mass is 293 g/mol. The van der Waals surface area contributed by atoms with Gasteiger partial charge >= 0.3 is 0 Å². The number of rotatable bonds is 4. The molecule has 1 aromatic rings. The first-order chi connectivity index (χ1) is 10.2. The number of anilines is 1. The zero-order valence-electron chi connectivity index (χ0n) is 12.6. The minimum atomic E-state index is -0.487. The van der Waals surface area contributed by atoms with E-state index in [1.165, 1.54) is 25.3 Å². The van der Waals surface area contributed by atoms with Gasteiger partial charge in [0.15, 0.2) is 0 Å². The molecule has 1 saturated carbocycles. The van der Waals surface area contributed by atoms with Crippen LogP contribution in [-0.2, 0) is 0 Å². The number of amides is 1. The second-order valence-electron chi connectivity index (χ2n) is 5.60. The zero-order chi connectivity index (χ0) is 15.1. The van der Waals surface area contributed by atoms with Crippen LogP contribution < -0.4 is 10.6 Å². The molecule has 0 spiro atoms. The van der Waals surface area contributed by atoms with Crippen LogP contribution in [0.4, 0.5) is 10.2 Å². The first kappa shape index (κ1) is 15.7. The van der Waals surface area contributed by atoms with Gasteiger partial charge in [0, 0.05) is 12.6 Å². The molecule has 0 unspecified atom stereocenters. The van der Waals surface area contributed by atoms with Gasteiger partial charge < -0.3 is 10.6 Å². The van der Waals surface area contributed by atoms with Crippen molar-refractivity contribution in [2.75, 3.05) is 11.9 Å². The highest BCUT2D eigenvalue weighted by Crippen LogP contribution is 2.19. The Morgan fingerprint density at radius 2 is 1.95 bits per heavy atom. The third-order valence-electron chi connectivity index (χ3n) is 3.88. The summed E-state index contributed by atoms with van der Waals surface area (Å²) in [6.45, 7) is 2.56. The summed E-state index contributed by atoms with van der Waals surface area (Å²) in [7, 11) is 0. The van der Waals surface area contributed by atoms with Crippen LogP contribution >= 0.6 is 0 Å². The van der Waals surface area contributed by atoms with Gasteiger partial charge in [-0.05, 0) is 25.8 Å². The molecule has 21 heavy (non-hydrogen) atoms. The Bertz CT molecular complexity index is 471. The fraction of sp³-hybridized carbons (Fsp3) is 0.625. The lowest BCUT2D eigenvalue weighted by Crippen LogP contribution is -2.35. The fourth-order valence-corrected chi connectivity index (χ4v) is 2.78. The highest BCUT2D eigenvalue weighted by molar-refractivity contribution is 5.98. The summed E-state index contributed by atoms with van der Waals surface area (Å²) in [5, 5.41) is 6.05. The molecule has 1 heterocycles. The van der Waals surface area contributed by atoms with Gasteiger partial charge in [-0.15, -0.1) is 0 Å². The van der Waals surface area contributed by atoms with Gasteiger partial charge in [0.2, 0.25) is 0 Å². The van der Waals surface area contributed by atoms with Gasteiger partial charge in [-0.2, -0.15) is 0 Å². The van der Waals surface area contributed by atoms with Gasteiger partial charge in [-0.25, -0.2) is 9.37 Å². The lowest BCUT2D eigenvalue weighted by Gasteiger charge is -2.21. The van der Waals surface area contributed by atoms with E-state index in [0.717, 1.165) is 31.9 Å². The Labute approximate surface area is 125 Å². The van der Waals surface area contributed by atoms with Gasteiger partial charge in [-0.3, -0.25) is 4.79 Å². The van der Waals surface area contributed by atoms with E-state index in [-0.39, 0.29) is 11.9 Å². The Kier molecular flexibility index (Phi) is 5.96. The van der Waals surface area contributed by atoms with E-state index in [4.69, 9.17) is 0 Å². The maximum absolute atomic E-state index is 13.4. The van der Waals surface area contributed by atoms with Crippen LogP contribution in [0.5, 0.6) is 0 Å². The first-order valence-corrected chi connectivity index (χ1v) is 7.91. The summed E-state index contributed by atoms with van der Waals surface area (Å²) in [5.41, 5.74) is 0.291. The number of hydrogen-bond acceptors (Lipinski definition) is 3. The van der Waals surface area contributed by atoms with Crippen molar-refractivity contribution in [3.63, 3.8) is 0 Å². The highest BCUT2D eigenvalue weighted by Gasteiger charge is 2.18. The largest absolute Gasteiger partial charge is 0.370 e. The molecule has 4 nitrogen and oxygen atoms in total. The van der Waals surface area contributed by atoms with Crippen LogP contribution in [0.1, 0.15) is 62.2 Å². The molecule has 2 rings (SSSR count). The number of pyridine rings is 1. The topological polar surface area (TPSA) is 54.0 Å². The summed E-state index contributed by atoms with van der Waals surface area (Å²) in [6.07, 6.45) is 9.19. The number of aromatic nitrogens is 1. The molecule has 0 radical (unpaired) electrons.